The van der Waals surface area contributed by atoms with Crippen LogP contribution in [0.1, 0.15) is 10.5 Å². The van der Waals surface area contributed by atoms with Gasteiger partial charge in [0.1, 0.15) is 5.75 Å². The first-order valence-electron chi connectivity index (χ1n) is 6.45. The molecule has 0 unspecified atom stereocenters. The van der Waals surface area contributed by atoms with Crippen molar-refractivity contribution in [2.24, 2.45) is 0 Å². The van der Waals surface area contributed by atoms with E-state index in [-0.39, 0.29) is 11.4 Å². The summed E-state index contributed by atoms with van der Waals surface area (Å²) in [6, 6.07) is 15.7. The van der Waals surface area contributed by atoms with E-state index in [4.69, 9.17) is 4.52 Å². The minimum absolute atomic E-state index is 0.0247. The van der Waals surface area contributed by atoms with Gasteiger partial charge in [-0.05, 0) is 18.2 Å². The predicted molar refractivity (Wildman–Crippen MR) is 85.7 cm³/mol. The zero-order chi connectivity index (χ0) is 15.5. The first-order valence-corrected chi connectivity index (χ1v) is 7.25. The minimum Gasteiger partial charge on any atom is -0.506 e. The second kappa shape index (κ2) is 6.03. The number of benzene rings is 2. The fraction of sp³-hybridized carbons (Fsp3) is 0. The molecule has 0 bridgehead atoms. The molecule has 0 fully saturated rings. The molecule has 0 atom stereocenters. The van der Waals surface area contributed by atoms with Crippen molar-refractivity contribution in [1.82, 2.24) is 5.16 Å². The Kier molecular flexibility index (Phi) is 3.93. The zero-order valence-electron chi connectivity index (χ0n) is 11.3. The van der Waals surface area contributed by atoms with Gasteiger partial charge in [-0.1, -0.05) is 51.4 Å². The lowest BCUT2D eigenvalue weighted by atomic mass is 10.1. The molecule has 5 nitrogen and oxygen atoms in total. The average molecular weight is 359 g/mol. The van der Waals surface area contributed by atoms with Crippen LogP contribution in [-0.2, 0) is 0 Å². The Bertz CT molecular complexity index is 815. The molecule has 1 amide bonds. The minimum atomic E-state index is -0.459. The standard InChI is InChI=1S/C16H11BrN2O3/c17-11-6-7-14(20)12(8-11)18-16(21)13-9-15(22-19-13)10-4-2-1-3-5-10/h1-9,20H,(H,18,21). The average Bonchev–Trinajstić information content (AvgIpc) is 3.02. The summed E-state index contributed by atoms with van der Waals surface area (Å²) in [5, 5.41) is 16.1. The van der Waals surface area contributed by atoms with Crippen LogP contribution in [0.2, 0.25) is 0 Å². The van der Waals surface area contributed by atoms with E-state index in [9.17, 15) is 9.90 Å². The molecule has 1 heterocycles. The van der Waals surface area contributed by atoms with E-state index < -0.39 is 5.91 Å². The number of aromatic nitrogens is 1. The lowest BCUT2D eigenvalue weighted by molar-refractivity contribution is 0.101. The maximum absolute atomic E-state index is 12.2. The van der Waals surface area contributed by atoms with Crippen LogP contribution in [-0.4, -0.2) is 16.2 Å². The van der Waals surface area contributed by atoms with Crippen molar-refractivity contribution >= 4 is 27.5 Å². The highest BCUT2D eigenvalue weighted by atomic mass is 79.9. The van der Waals surface area contributed by atoms with Crippen LogP contribution in [0.5, 0.6) is 5.75 Å². The molecule has 1 aromatic heterocycles. The van der Waals surface area contributed by atoms with Crippen molar-refractivity contribution in [1.29, 1.82) is 0 Å². The molecule has 6 heteroatoms. The Morgan fingerprint density at radius 1 is 1.14 bits per heavy atom. The van der Waals surface area contributed by atoms with E-state index in [1.807, 2.05) is 30.3 Å². The maximum atomic E-state index is 12.2. The Morgan fingerprint density at radius 3 is 2.68 bits per heavy atom. The van der Waals surface area contributed by atoms with Gasteiger partial charge >= 0.3 is 0 Å². The van der Waals surface area contributed by atoms with Crippen LogP contribution in [0.15, 0.2) is 63.6 Å². The lowest BCUT2D eigenvalue weighted by Crippen LogP contribution is -2.12. The van der Waals surface area contributed by atoms with Crippen molar-refractivity contribution in [2.75, 3.05) is 5.32 Å². The quantitative estimate of drug-likeness (QED) is 0.692. The molecule has 2 N–H and O–H groups in total. The Hall–Kier alpha value is -2.60. The molecule has 22 heavy (non-hydrogen) atoms. The monoisotopic (exact) mass is 358 g/mol. The molecule has 2 aromatic carbocycles. The van der Waals surface area contributed by atoms with Gasteiger partial charge in [-0.15, -0.1) is 0 Å². The van der Waals surface area contributed by atoms with Gasteiger partial charge in [0.25, 0.3) is 5.91 Å². The number of halogens is 1. The number of carbonyl (C=O) groups is 1. The van der Waals surface area contributed by atoms with Crippen LogP contribution >= 0.6 is 15.9 Å². The molecule has 0 aliphatic carbocycles. The third-order valence-electron chi connectivity index (χ3n) is 3.01. The number of phenols is 1. The summed E-state index contributed by atoms with van der Waals surface area (Å²) in [6.07, 6.45) is 0. The first kappa shape index (κ1) is 14.3. The fourth-order valence-corrected chi connectivity index (χ4v) is 2.28. The highest BCUT2D eigenvalue weighted by molar-refractivity contribution is 9.10. The van der Waals surface area contributed by atoms with E-state index in [1.165, 1.54) is 6.07 Å². The summed E-state index contributed by atoms with van der Waals surface area (Å²) >= 11 is 3.28. The molecule has 0 aliphatic heterocycles. The van der Waals surface area contributed by atoms with E-state index >= 15 is 0 Å². The number of phenolic OH excluding ortho intramolecular Hbond substituents is 1. The van der Waals surface area contributed by atoms with Gasteiger partial charge in [0.05, 0.1) is 5.69 Å². The fourth-order valence-electron chi connectivity index (χ4n) is 1.92. The van der Waals surface area contributed by atoms with Crippen LogP contribution in [0.25, 0.3) is 11.3 Å². The van der Waals surface area contributed by atoms with Gasteiger partial charge < -0.3 is 14.9 Å². The van der Waals surface area contributed by atoms with E-state index in [2.05, 4.69) is 26.4 Å². The third-order valence-corrected chi connectivity index (χ3v) is 3.50. The van der Waals surface area contributed by atoms with Crippen molar-refractivity contribution in [3.63, 3.8) is 0 Å². The number of aromatic hydroxyl groups is 1. The topological polar surface area (TPSA) is 75.4 Å². The van der Waals surface area contributed by atoms with Crippen molar-refractivity contribution in [3.05, 3.63) is 64.8 Å². The number of carbonyl (C=O) groups excluding carboxylic acids is 1. The number of hydrogen-bond donors (Lipinski definition) is 2. The Balaban J connectivity index is 1.81. The smallest absolute Gasteiger partial charge is 0.277 e. The van der Waals surface area contributed by atoms with Gasteiger partial charge in [0.2, 0.25) is 0 Å². The second-order valence-corrected chi connectivity index (χ2v) is 5.47. The number of anilines is 1. The molecular weight excluding hydrogens is 348 g/mol. The van der Waals surface area contributed by atoms with Gasteiger partial charge in [-0.2, -0.15) is 0 Å². The maximum Gasteiger partial charge on any atom is 0.277 e. The first-order chi connectivity index (χ1) is 10.6. The molecule has 0 saturated carbocycles. The van der Waals surface area contributed by atoms with Crippen molar-refractivity contribution in [2.45, 2.75) is 0 Å². The van der Waals surface area contributed by atoms with Crippen molar-refractivity contribution < 1.29 is 14.4 Å². The number of rotatable bonds is 3. The van der Waals surface area contributed by atoms with Gasteiger partial charge in [-0.25, -0.2) is 0 Å². The number of hydrogen-bond acceptors (Lipinski definition) is 4. The lowest BCUT2D eigenvalue weighted by Gasteiger charge is -2.05. The molecular formula is C16H11BrN2O3. The molecule has 0 radical (unpaired) electrons. The number of nitrogens with one attached hydrogen (secondary N) is 1. The second-order valence-electron chi connectivity index (χ2n) is 4.56. The molecule has 0 saturated heterocycles. The van der Waals surface area contributed by atoms with Gasteiger partial charge in [-0.3, -0.25) is 4.79 Å². The number of amides is 1. The van der Waals surface area contributed by atoms with Crippen LogP contribution in [0.3, 0.4) is 0 Å². The normalized spacial score (nSPS) is 10.4. The SMILES string of the molecule is O=C(Nc1cc(Br)ccc1O)c1cc(-c2ccccc2)on1. The number of nitrogens with zero attached hydrogens (tertiary/aromatic N) is 1. The van der Waals surface area contributed by atoms with E-state index in [0.717, 1.165) is 10.0 Å². The van der Waals surface area contributed by atoms with Crippen LogP contribution < -0.4 is 5.32 Å². The molecule has 0 aliphatic rings. The molecule has 3 rings (SSSR count). The highest BCUT2D eigenvalue weighted by Crippen LogP contribution is 2.27. The van der Waals surface area contributed by atoms with E-state index in [1.54, 1.807) is 18.2 Å². The summed E-state index contributed by atoms with van der Waals surface area (Å²) in [5.41, 5.74) is 1.27. The molecule has 0 spiro atoms. The summed E-state index contributed by atoms with van der Waals surface area (Å²) in [4.78, 5) is 12.2. The summed E-state index contributed by atoms with van der Waals surface area (Å²) in [6.45, 7) is 0. The summed E-state index contributed by atoms with van der Waals surface area (Å²) < 4.78 is 5.92. The summed E-state index contributed by atoms with van der Waals surface area (Å²) in [7, 11) is 0. The van der Waals surface area contributed by atoms with Gasteiger partial charge in [0, 0.05) is 16.1 Å². The largest absolute Gasteiger partial charge is 0.506 e. The van der Waals surface area contributed by atoms with Crippen LogP contribution in [0, 0.1) is 0 Å². The summed E-state index contributed by atoms with van der Waals surface area (Å²) in [5.74, 6) is 0.0203. The molecule has 110 valence electrons. The molecule has 3 aromatic rings. The van der Waals surface area contributed by atoms with E-state index in [0.29, 0.717) is 11.4 Å². The van der Waals surface area contributed by atoms with Crippen molar-refractivity contribution in [3.8, 4) is 17.1 Å². The highest BCUT2D eigenvalue weighted by Gasteiger charge is 2.15. The Morgan fingerprint density at radius 2 is 1.91 bits per heavy atom. The van der Waals surface area contributed by atoms with Crippen LogP contribution in [0.4, 0.5) is 5.69 Å². The predicted octanol–water partition coefficient (Wildman–Crippen LogP) is 4.06. The third kappa shape index (κ3) is 3.01. The van der Waals surface area contributed by atoms with Gasteiger partial charge in [0.15, 0.2) is 11.5 Å². The Labute approximate surface area is 134 Å². The zero-order valence-corrected chi connectivity index (χ0v) is 12.9.